The van der Waals surface area contributed by atoms with Crippen molar-refractivity contribution in [1.82, 2.24) is 9.71 Å². The number of rotatable bonds is 7. The van der Waals surface area contributed by atoms with Crippen molar-refractivity contribution in [3.8, 4) is 0 Å². The molecule has 0 aliphatic rings. The van der Waals surface area contributed by atoms with Crippen molar-refractivity contribution in [3.63, 3.8) is 0 Å². The van der Waals surface area contributed by atoms with E-state index in [1.165, 1.54) is 23.5 Å². The lowest BCUT2D eigenvalue weighted by Crippen LogP contribution is -2.26. The van der Waals surface area contributed by atoms with Gasteiger partial charge in [0.25, 0.3) is 0 Å². The molecule has 0 radical (unpaired) electrons. The summed E-state index contributed by atoms with van der Waals surface area (Å²) >= 11 is 1.48. The van der Waals surface area contributed by atoms with Crippen LogP contribution in [0.2, 0.25) is 0 Å². The van der Waals surface area contributed by atoms with Crippen molar-refractivity contribution in [3.05, 3.63) is 45.7 Å². The zero-order chi connectivity index (χ0) is 16.2. The Hall–Kier alpha value is -1.35. The van der Waals surface area contributed by atoms with Crippen molar-refractivity contribution in [2.24, 2.45) is 0 Å². The fourth-order valence-corrected chi connectivity index (χ4v) is 4.01. The monoisotopic (exact) mass is 344 g/mol. The first-order valence-corrected chi connectivity index (χ1v) is 8.96. The molecule has 0 unspecified atom stereocenters. The van der Waals surface area contributed by atoms with Gasteiger partial charge in [-0.2, -0.15) is 0 Å². The molecule has 5 nitrogen and oxygen atoms in total. The maximum atomic E-state index is 13.0. The predicted molar refractivity (Wildman–Crippen MR) is 82.9 cm³/mol. The standard InChI is InChI=1S/C14H17FN2O3S2/c1-10-7-11(15)3-4-13(10)22(18,19)16-6-5-12-9-21-14(17-12)8-20-2/h3-4,7,9,16H,5-6,8H2,1-2H3. The molecule has 0 spiro atoms. The Bertz CT molecular complexity index is 744. The van der Waals surface area contributed by atoms with E-state index in [2.05, 4.69) is 9.71 Å². The van der Waals surface area contributed by atoms with Gasteiger partial charge in [0.1, 0.15) is 10.8 Å². The second-order valence-electron chi connectivity index (χ2n) is 4.72. The van der Waals surface area contributed by atoms with Crippen LogP contribution < -0.4 is 4.72 Å². The van der Waals surface area contributed by atoms with Crippen molar-refractivity contribution in [2.75, 3.05) is 13.7 Å². The lowest BCUT2D eigenvalue weighted by Gasteiger charge is -2.08. The maximum absolute atomic E-state index is 13.0. The SMILES string of the molecule is COCc1nc(CCNS(=O)(=O)c2ccc(F)cc2C)cs1. The van der Waals surface area contributed by atoms with Crippen molar-refractivity contribution >= 4 is 21.4 Å². The molecule has 1 heterocycles. The Morgan fingerprint density at radius 1 is 1.41 bits per heavy atom. The first-order chi connectivity index (χ1) is 10.4. The van der Waals surface area contributed by atoms with Crippen molar-refractivity contribution < 1.29 is 17.5 Å². The van der Waals surface area contributed by atoms with Crippen LogP contribution in [0.3, 0.4) is 0 Å². The van der Waals surface area contributed by atoms with Gasteiger partial charge in [-0.3, -0.25) is 0 Å². The molecule has 2 aromatic rings. The van der Waals surface area contributed by atoms with Crippen LogP contribution in [-0.2, 0) is 27.8 Å². The van der Waals surface area contributed by atoms with Crippen LogP contribution >= 0.6 is 11.3 Å². The highest BCUT2D eigenvalue weighted by atomic mass is 32.2. The van der Waals surface area contributed by atoms with Gasteiger partial charge in [0.05, 0.1) is 17.2 Å². The first kappa shape index (κ1) is 17.0. The van der Waals surface area contributed by atoms with Gasteiger partial charge in [0.2, 0.25) is 10.0 Å². The molecule has 120 valence electrons. The van der Waals surface area contributed by atoms with Crippen LogP contribution in [0.5, 0.6) is 0 Å². The number of thiazole rings is 1. The minimum absolute atomic E-state index is 0.0900. The normalized spacial score (nSPS) is 11.8. The molecular weight excluding hydrogens is 327 g/mol. The van der Waals surface area contributed by atoms with E-state index < -0.39 is 15.8 Å². The maximum Gasteiger partial charge on any atom is 0.240 e. The Morgan fingerprint density at radius 2 is 2.18 bits per heavy atom. The Balaban J connectivity index is 1.97. The summed E-state index contributed by atoms with van der Waals surface area (Å²) in [4.78, 5) is 4.42. The van der Waals surface area contributed by atoms with Crippen LogP contribution in [0.25, 0.3) is 0 Å². The third-order valence-electron chi connectivity index (χ3n) is 2.97. The number of benzene rings is 1. The fourth-order valence-electron chi connectivity index (χ4n) is 1.96. The average molecular weight is 344 g/mol. The summed E-state index contributed by atoms with van der Waals surface area (Å²) in [5, 5.41) is 2.74. The highest BCUT2D eigenvalue weighted by molar-refractivity contribution is 7.89. The molecule has 0 aliphatic heterocycles. The highest BCUT2D eigenvalue weighted by Gasteiger charge is 2.16. The molecule has 0 fully saturated rings. The van der Waals surface area contributed by atoms with Gasteiger partial charge in [0, 0.05) is 25.5 Å². The van der Waals surface area contributed by atoms with Gasteiger partial charge in [-0.25, -0.2) is 22.5 Å². The molecule has 8 heteroatoms. The van der Waals surface area contributed by atoms with Crippen molar-refractivity contribution in [1.29, 1.82) is 0 Å². The van der Waals surface area contributed by atoms with E-state index >= 15 is 0 Å². The number of hydrogen-bond donors (Lipinski definition) is 1. The molecule has 2 rings (SSSR count). The molecule has 0 saturated carbocycles. The van der Waals surface area contributed by atoms with Gasteiger partial charge in [-0.1, -0.05) is 0 Å². The van der Waals surface area contributed by atoms with E-state index in [0.717, 1.165) is 16.8 Å². The average Bonchev–Trinajstić information content (AvgIpc) is 2.86. The zero-order valence-electron chi connectivity index (χ0n) is 12.3. The first-order valence-electron chi connectivity index (χ1n) is 6.60. The van der Waals surface area contributed by atoms with Crippen molar-refractivity contribution in [2.45, 2.75) is 24.8 Å². The molecule has 0 aliphatic carbocycles. The molecule has 1 N–H and O–H groups in total. The molecule has 0 bridgehead atoms. The Morgan fingerprint density at radius 3 is 2.86 bits per heavy atom. The lowest BCUT2D eigenvalue weighted by molar-refractivity contribution is 0.184. The fraction of sp³-hybridized carbons (Fsp3) is 0.357. The molecule has 0 atom stereocenters. The number of aromatic nitrogens is 1. The largest absolute Gasteiger partial charge is 0.378 e. The van der Waals surface area contributed by atoms with Crippen LogP contribution in [-0.4, -0.2) is 27.1 Å². The molecular formula is C14H17FN2O3S2. The predicted octanol–water partition coefficient (Wildman–Crippen LogP) is 2.26. The quantitative estimate of drug-likeness (QED) is 0.836. The van der Waals surface area contributed by atoms with E-state index in [-0.39, 0.29) is 11.4 Å². The zero-order valence-corrected chi connectivity index (χ0v) is 13.9. The molecule has 0 amide bonds. The van der Waals surface area contributed by atoms with E-state index in [1.54, 1.807) is 14.0 Å². The summed E-state index contributed by atoms with van der Waals surface area (Å²) in [6.45, 7) is 2.25. The number of methoxy groups -OCH3 is 1. The summed E-state index contributed by atoms with van der Waals surface area (Å²) in [5.41, 5.74) is 1.19. The second-order valence-corrected chi connectivity index (χ2v) is 7.40. The van der Waals surface area contributed by atoms with Gasteiger partial charge in [-0.05, 0) is 30.7 Å². The number of aryl methyl sites for hydroxylation is 1. The summed E-state index contributed by atoms with van der Waals surface area (Å²) < 4.78 is 44.9. The van der Waals surface area contributed by atoms with Crippen LogP contribution in [0.15, 0.2) is 28.5 Å². The molecule has 22 heavy (non-hydrogen) atoms. The number of nitrogens with one attached hydrogen (secondary N) is 1. The number of ether oxygens (including phenoxy) is 1. The Labute approximate surface area is 133 Å². The minimum Gasteiger partial charge on any atom is -0.378 e. The molecule has 1 aromatic heterocycles. The van der Waals surface area contributed by atoms with E-state index in [0.29, 0.717) is 18.6 Å². The third kappa shape index (κ3) is 4.33. The summed E-state index contributed by atoms with van der Waals surface area (Å²) in [7, 11) is -2.05. The van der Waals surface area contributed by atoms with E-state index in [1.807, 2.05) is 5.38 Å². The highest BCUT2D eigenvalue weighted by Crippen LogP contribution is 2.16. The van der Waals surface area contributed by atoms with Crippen LogP contribution in [0, 0.1) is 12.7 Å². The van der Waals surface area contributed by atoms with E-state index in [9.17, 15) is 12.8 Å². The van der Waals surface area contributed by atoms with Crippen LogP contribution in [0.1, 0.15) is 16.3 Å². The van der Waals surface area contributed by atoms with Crippen LogP contribution in [0.4, 0.5) is 4.39 Å². The Kier molecular flexibility index (Phi) is 5.63. The van der Waals surface area contributed by atoms with Gasteiger partial charge < -0.3 is 4.74 Å². The number of halogens is 1. The summed E-state index contributed by atoms with van der Waals surface area (Å²) in [6, 6.07) is 3.61. The minimum atomic E-state index is -3.65. The topological polar surface area (TPSA) is 68.3 Å². The molecule has 0 saturated heterocycles. The van der Waals surface area contributed by atoms with Gasteiger partial charge in [0.15, 0.2) is 0 Å². The van der Waals surface area contributed by atoms with Gasteiger partial charge in [-0.15, -0.1) is 11.3 Å². The van der Waals surface area contributed by atoms with E-state index in [4.69, 9.17) is 4.74 Å². The third-order valence-corrected chi connectivity index (χ3v) is 5.46. The lowest BCUT2D eigenvalue weighted by atomic mass is 10.2. The number of sulfonamides is 1. The summed E-state index contributed by atoms with van der Waals surface area (Å²) in [5.74, 6) is -0.454. The smallest absolute Gasteiger partial charge is 0.240 e. The molecule has 1 aromatic carbocycles. The second kappa shape index (κ2) is 7.28. The van der Waals surface area contributed by atoms with Gasteiger partial charge >= 0.3 is 0 Å². The number of nitrogens with zero attached hydrogens (tertiary/aromatic N) is 1. The number of hydrogen-bond acceptors (Lipinski definition) is 5. The summed E-state index contributed by atoms with van der Waals surface area (Å²) in [6.07, 6.45) is 0.486.